The van der Waals surface area contributed by atoms with E-state index in [2.05, 4.69) is 4.98 Å². The van der Waals surface area contributed by atoms with Gasteiger partial charge in [0.05, 0.1) is 27.9 Å². The number of benzene rings is 1. The second-order valence-corrected chi connectivity index (χ2v) is 8.96. The van der Waals surface area contributed by atoms with Gasteiger partial charge in [0.2, 0.25) is 5.88 Å². The molecule has 0 spiro atoms. The van der Waals surface area contributed by atoms with Gasteiger partial charge >= 0.3 is 5.97 Å². The Morgan fingerprint density at radius 3 is 2.12 bits per heavy atom. The summed E-state index contributed by atoms with van der Waals surface area (Å²) in [5.74, 6) is 0.587. The first kappa shape index (κ1) is 25.8. The third-order valence-electron chi connectivity index (χ3n) is 4.70. The summed E-state index contributed by atoms with van der Waals surface area (Å²) in [6, 6.07) is 11.9. The number of carbonyl (C=O) groups excluding carboxylic acids is 1. The minimum atomic E-state index is -0.0445. The number of hydrogen-bond acceptors (Lipinski definition) is 6. The molecule has 5 nitrogen and oxygen atoms in total. The highest BCUT2D eigenvalue weighted by molar-refractivity contribution is 7.13. The molecule has 0 unspecified atom stereocenters. The second kappa shape index (κ2) is 13.2. The first-order valence-corrected chi connectivity index (χ1v) is 12.5. The van der Waals surface area contributed by atoms with Gasteiger partial charge in [0.15, 0.2) is 0 Å². The molecule has 0 bridgehead atoms. The van der Waals surface area contributed by atoms with Gasteiger partial charge in [0, 0.05) is 0 Å². The zero-order chi connectivity index (χ0) is 23.5. The second-order valence-electron chi connectivity index (χ2n) is 8.01. The van der Waals surface area contributed by atoms with E-state index in [-0.39, 0.29) is 24.1 Å². The van der Waals surface area contributed by atoms with Crippen LogP contribution in [-0.4, -0.2) is 28.1 Å². The predicted molar refractivity (Wildman–Crippen MR) is 133 cm³/mol. The number of esters is 1. The van der Waals surface area contributed by atoms with E-state index in [1.807, 2.05) is 83.3 Å². The highest BCUT2D eigenvalue weighted by Gasteiger charge is 2.20. The summed E-state index contributed by atoms with van der Waals surface area (Å²) in [6.45, 7) is 11.7. The normalized spacial score (nSPS) is 13.4. The smallest absolute Gasteiger partial charge is 0.308 e. The molecule has 2 aromatic heterocycles. The lowest BCUT2D eigenvalue weighted by Gasteiger charge is -2.12. The topological polar surface area (TPSA) is 61.3 Å². The first-order valence-electron chi connectivity index (χ1n) is 11.6. The molecule has 1 aliphatic carbocycles. The van der Waals surface area contributed by atoms with Crippen LogP contribution < -0.4 is 4.74 Å². The Morgan fingerprint density at radius 2 is 1.59 bits per heavy atom. The van der Waals surface area contributed by atoms with E-state index < -0.39 is 0 Å². The molecule has 6 heteroatoms. The monoisotopic (exact) mass is 456 g/mol. The van der Waals surface area contributed by atoms with Crippen molar-refractivity contribution in [3.63, 3.8) is 0 Å². The van der Waals surface area contributed by atoms with Crippen molar-refractivity contribution < 1.29 is 14.3 Å². The Labute approximate surface area is 196 Å². The lowest BCUT2D eigenvalue weighted by Crippen LogP contribution is -2.18. The van der Waals surface area contributed by atoms with Gasteiger partial charge in [-0.2, -0.15) is 0 Å². The lowest BCUT2D eigenvalue weighted by atomic mass is 10.2. The quantitative estimate of drug-likeness (QED) is 0.377. The van der Waals surface area contributed by atoms with Gasteiger partial charge in [-0.1, -0.05) is 45.9 Å². The Hall–Kier alpha value is -2.47. The summed E-state index contributed by atoms with van der Waals surface area (Å²) in [5, 5.41) is 2.03. The maximum Gasteiger partial charge on any atom is 0.308 e. The molecule has 32 heavy (non-hydrogen) atoms. The fourth-order valence-corrected chi connectivity index (χ4v) is 3.88. The Balaban J connectivity index is 0.000000239. The van der Waals surface area contributed by atoms with Crippen molar-refractivity contribution >= 4 is 28.3 Å². The molecule has 174 valence electrons. The summed E-state index contributed by atoms with van der Waals surface area (Å²) in [5.41, 5.74) is 2.57. The molecule has 1 aromatic carbocycles. The Morgan fingerprint density at radius 1 is 0.969 bits per heavy atom. The molecule has 1 saturated carbocycles. The van der Waals surface area contributed by atoms with Crippen LogP contribution in [0.2, 0.25) is 0 Å². The van der Waals surface area contributed by atoms with Crippen molar-refractivity contribution in [1.82, 2.24) is 9.97 Å². The minimum absolute atomic E-state index is 0.0237. The van der Waals surface area contributed by atoms with Crippen molar-refractivity contribution in [3.05, 3.63) is 41.8 Å². The Bertz CT molecular complexity index is 949. The zero-order valence-corrected chi connectivity index (χ0v) is 20.9. The number of para-hydroxylation sites is 2. The highest BCUT2D eigenvalue weighted by atomic mass is 32.1. The van der Waals surface area contributed by atoms with Crippen LogP contribution in [0.3, 0.4) is 0 Å². The van der Waals surface area contributed by atoms with E-state index in [9.17, 15) is 4.79 Å². The van der Waals surface area contributed by atoms with Gasteiger partial charge in [0.25, 0.3) is 0 Å². The van der Waals surface area contributed by atoms with Crippen LogP contribution in [0, 0.1) is 5.92 Å². The molecule has 1 fully saturated rings. The number of nitrogens with zero attached hydrogens (tertiary/aromatic N) is 2. The van der Waals surface area contributed by atoms with E-state index in [4.69, 9.17) is 14.5 Å². The maximum atomic E-state index is 11.1. The molecule has 0 amide bonds. The molecule has 0 N–H and O–H groups in total. The van der Waals surface area contributed by atoms with Crippen LogP contribution in [0.4, 0.5) is 0 Å². The molecule has 1 aliphatic rings. The summed E-state index contributed by atoms with van der Waals surface area (Å²) >= 11 is 1.64. The van der Waals surface area contributed by atoms with Crippen LogP contribution >= 0.6 is 11.3 Å². The van der Waals surface area contributed by atoms with Crippen molar-refractivity contribution in [2.24, 2.45) is 5.92 Å². The van der Waals surface area contributed by atoms with Gasteiger partial charge in [-0.3, -0.25) is 4.79 Å². The molecule has 4 rings (SSSR count). The van der Waals surface area contributed by atoms with Gasteiger partial charge < -0.3 is 9.47 Å². The van der Waals surface area contributed by atoms with Crippen molar-refractivity contribution in [2.45, 2.75) is 79.4 Å². The molecular formula is C26H36N2O3S. The average Bonchev–Trinajstić information content (AvgIpc) is 3.49. The van der Waals surface area contributed by atoms with Gasteiger partial charge in [-0.15, -0.1) is 11.3 Å². The van der Waals surface area contributed by atoms with E-state index in [1.165, 1.54) is 12.8 Å². The Kier molecular flexibility index (Phi) is 10.6. The number of aromatic nitrogens is 2. The molecule has 2 heterocycles. The lowest BCUT2D eigenvalue weighted by molar-refractivity contribution is -0.152. The number of rotatable bonds is 5. The number of hydrogen-bond donors (Lipinski definition) is 0. The first-order chi connectivity index (χ1) is 15.4. The van der Waals surface area contributed by atoms with Crippen molar-refractivity contribution in [3.8, 4) is 16.5 Å². The SMILES string of the molecule is CC.CC(C)C(=O)OC1CCCC1.CC(C)Oc1nc2ccccc2nc1-c1cccs1. The third kappa shape index (κ3) is 7.59. The zero-order valence-electron chi connectivity index (χ0n) is 20.1. The van der Waals surface area contributed by atoms with E-state index in [0.717, 1.165) is 34.4 Å². The molecular weight excluding hydrogens is 420 g/mol. The molecule has 0 radical (unpaired) electrons. The number of thiophene rings is 1. The van der Waals surface area contributed by atoms with Crippen LogP contribution in [-0.2, 0) is 9.53 Å². The van der Waals surface area contributed by atoms with Gasteiger partial charge in [-0.05, 0) is 63.1 Å². The number of ether oxygens (including phenoxy) is 2. The standard InChI is InChI=1S/C15H14N2OS.C9H16O2.C2H6/c1-10(2)18-15-14(13-8-5-9-19-13)16-11-6-3-4-7-12(11)17-15;1-7(2)9(10)11-8-5-3-4-6-8;1-2/h3-10H,1-2H3;7-8H,3-6H2,1-2H3;1-2H3. The summed E-state index contributed by atoms with van der Waals surface area (Å²) in [4.78, 5) is 21.4. The van der Waals surface area contributed by atoms with E-state index >= 15 is 0 Å². The summed E-state index contributed by atoms with van der Waals surface area (Å²) < 4.78 is 11.0. The van der Waals surface area contributed by atoms with Crippen molar-refractivity contribution in [1.29, 1.82) is 0 Å². The average molecular weight is 457 g/mol. The minimum Gasteiger partial charge on any atom is -0.473 e. The molecule has 0 atom stereocenters. The largest absolute Gasteiger partial charge is 0.473 e. The number of fused-ring (bicyclic) bond motifs is 1. The molecule has 0 aliphatic heterocycles. The maximum absolute atomic E-state index is 11.1. The van der Waals surface area contributed by atoms with E-state index in [1.54, 1.807) is 11.3 Å². The third-order valence-corrected chi connectivity index (χ3v) is 5.57. The van der Waals surface area contributed by atoms with Crippen molar-refractivity contribution in [2.75, 3.05) is 0 Å². The highest BCUT2D eigenvalue weighted by Crippen LogP contribution is 2.32. The summed E-state index contributed by atoms with van der Waals surface area (Å²) in [6.07, 6.45) is 4.88. The molecule has 3 aromatic rings. The van der Waals surface area contributed by atoms with Crippen LogP contribution in [0.1, 0.15) is 67.2 Å². The van der Waals surface area contributed by atoms with E-state index in [0.29, 0.717) is 5.88 Å². The van der Waals surface area contributed by atoms with Gasteiger partial charge in [-0.25, -0.2) is 9.97 Å². The fraction of sp³-hybridized carbons (Fsp3) is 0.500. The van der Waals surface area contributed by atoms with Crippen LogP contribution in [0.15, 0.2) is 41.8 Å². The number of carbonyl (C=O) groups is 1. The molecule has 0 saturated heterocycles. The fourth-order valence-electron chi connectivity index (χ4n) is 3.17. The van der Waals surface area contributed by atoms with Crippen LogP contribution in [0.5, 0.6) is 5.88 Å². The summed E-state index contributed by atoms with van der Waals surface area (Å²) in [7, 11) is 0. The van der Waals surface area contributed by atoms with Gasteiger partial charge in [0.1, 0.15) is 11.8 Å². The van der Waals surface area contributed by atoms with Crippen LogP contribution in [0.25, 0.3) is 21.6 Å². The predicted octanol–water partition coefficient (Wildman–Crippen LogP) is 7.30.